The Labute approximate surface area is 151 Å². The van der Waals surface area contributed by atoms with E-state index >= 15 is 0 Å². The van der Waals surface area contributed by atoms with Gasteiger partial charge in [0.15, 0.2) is 5.75 Å². The number of fused-ring (bicyclic) bond motifs is 1. The topological polar surface area (TPSA) is 78.9 Å². The predicted octanol–water partition coefficient (Wildman–Crippen LogP) is 2.41. The Morgan fingerprint density at radius 3 is 2.92 bits per heavy atom. The average Bonchev–Trinajstić information content (AvgIpc) is 2.87. The summed E-state index contributed by atoms with van der Waals surface area (Å²) in [6.45, 7) is 2.90. The van der Waals surface area contributed by atoms with Crippen molar-refractivity contribution in [3.05, 3.63) is 29.3 Å². The number of amides is 1. The lowest BCUT2D eigenvalue weighted by molar-refractivity contribution is -0.124. The number of carbonyl (C=O) groups excluding carboxylic acids is 2. The second-order valence-electron chi connectivity index (χ2n) is 6.13. The van der Waals surface area contributed by atoms with Gasteiger partial charge in [-0.2, -0.15) is 5.48 Å². The normalized spacial score (nSPS) is 21.8. The van der Waals surface area contributed by atoms with Crippen molar-refractivity contribution in [2.45, 2.75) is 39.1 Å². The van der Waals surface area contributed by atoms with Gasteiger partial charge in [0.25, 0.3) is 5.91 Å². The van der Waals surface area contributed by atoms with E-state index in [4.69, 9.17) is 8.95 Å². The van der Waals surface area contributed by atoms with Crippen molar-refractivity contribution in [1.82, 2.24) is 10.4 Å². The Hall–Kier alpha value is -2.34. The number of Topliss-reactive ketones (excluding diaryl/α,β-unsaturated/α-hetero) is 1. The number of piperidine rings is 1. The molecule has 1 aromatic carbocycles. The highest BCUT2D eigenvalue weighted by Crippen LogP contribution is 2.36. The fourth-order valence-corrected chi connectivity index (χ4v) is 3.03. The van der Waals surface area contributed by atoms with Gasteiger partial charge in [0.1, 0.15) is 5.78 Å². The zero-order chi connectivity index (χ0) is 20.5. The monoisotopic (exact) mass is 347 g/mol. The van der Waals surface area contributed by atoms with Crippen LogP contribution in [0.15, 0.2) is 18.2 Å². The third-order valence-corrected chi connectivity index (χ3v) is 4.43. The molecule has 6 heteroatoms. The van der Waals surface area contributed by atoms with Crippen molar-refractivity contribution in [2.24, 2.45) is 5.89 Å². The van der Waals surface area contributed by atoms with Crippen LogP contribution in [0.3, 0.4) is 0 Å². The molecule has 25 heavy (non-hydrogen) atoms. The van der Waals surface area contributed by atoms with Crippen LogP contribution < -0.4 is 10.3 Å². The maximum atomic E-state index is 12.4. The molecule has 3 rings (SSSR count). The number of hydroxylamine groups is 1. The minimum absolute atomic E-state index is 0.0597. The van der Waals surface area contributed by atoms with E-state index in [1.165, 1.54) is 6.08 Å². The Morgan fingerprint density at radius 2 is 2.20 bits per heavy atom. The molecule has 0 bridgehead atoms. The summed E-state index contributed by atoms with van der Waals surface area (Å²) in [6, 6.07) is 3.50. The van der Waals surface area contributed by atoms with E-state index in [-0.39, 0.29) is 30.8 Å². The van der Waals surface area contributed by atoms with Gasteiger partial charge < -0.3 is 9.94 Å². The molecule has 2 heterocycles. The van der Waals surface area contributed by atoms with Crippen LogP contribution in [0.2, 0.25) is 0 Å². The molecular formula is C19H24N2O4. The van der Waals surface area contributed by atoms with Gasteiger partial charge >= 0.3 is 0 Å². The Bertz CT molecular complexity index is 818. The quantitative estimate of drug-likeness (QED) is 0.855. The SMILES string of the molecule is [2H]C([2H])(CC)C(=O)C1([2H])CCN(Cc2ccc3c(c2O)ONC(=O)C=C3)CC1. The van der Waals surface area contributed by atoms with Crippen molar-refractivity contribution < 1.29 is 23.6 Å². The van der Waals surface area contributed by atoms with E-state index in [9.17, 15) is 14.7 Å². The maximum absolute atomic E-state index is 12.4. The summed E-state index contributed by atoms with van der Waals surface area (Å²) in [5, 5.41) is 10.5. The average molecular weight is 347 g/mol. The molecule has 0 radical (unpaired) electrons. The van der Waals surface area contributed by atoms with Gasteiger partial charge in [-0.3, -0.25) is 14.5 Å². The fourth-order valence-electron chi connectivity index (χ4n) is 3.03. The molecular weight excluding hydrogens is 320 g/mol. The van der Waals surface area contributed by atoms with Gasteiger partial charge in [0.2, 0.25) is 5.75 Å². The minimum Gasteiger partial charge on any atom is -0.504 e. The smallest absolute Gasteiger partial charge is 0.276 e. The zero-order valence-electron chi connectivity index (χ0n) is 17.2. The van der Waals surface area contributed by atoms with Gasteiger partial charge in [-0.15, -0.1) is 0 Å². The highest BCUT2D eigenvalue weighted by molar-refractivity contribution is 5.92. The number of ketones is 1. The van der Waals surface area contributed by atoms with E-state index in [0.29, 0.717) is 30.8 Å². The molecule has 0 unspecified atom stereocenters. The molecule has 1 amide bonds. The van der Waals surface area contributed by atoms with Crippen molar-refractivity contribution in [3.8, 4) is 11.5 Å². The molecule has 2 aliphatic rings. The molecule has 134 valence electrons. The molecule has 0 spiro atoms. The number of likely N-dealkylation sites (tertiary alicyclic amines) is 1. The standard InChI is InChI=1S/C19H24N2O4/c1-2-3-16(22)13-8-10-21(11-9-13)12-15-5-4-14-6-7-17(23)20-25-19(14)18(15)24/h4-7,13,24H,2-3,8-12H2,1H3,(H,20,23)/i3D2,13D. The predicted molar refractivity (Wildman–Crippen MR) is 93.8 cm³/mol. The van der Waals surface area contributed by atoms with Crippen LogP contribution in [0.1, 0.15) is 47.8 Å². The summed E-state index contributed by atoms with van der Waals surface area (Å²) in [5.74, 6) is -2.37. The summed E-state index contributed by atoms with van der Waals surface area (Å²) in [5.41, 5.74) is 3.40. The largest absolute Gasteiger partial charge is 0.504 e. The van der Waals surface area contributed by atoms with Crippen LogP contribution in [0.25, 0.3) is 6.08 Å². The van der Waals surface area contributed by atoms with Crippen molar-refractivity contribution in [3.63, 3.8) is 0 Å². The summed E-state index contributed by atoms with van der Waals surface area (Å²) < 4.78 is 24.1. The summed E-state index contributed by atoms with van der Waals surface area (Å²) in [6.07, 6.45) is 1.44. The van der Waals surface area contributed by atoms with E-state index in [0.717, 1.165) is 0 Å². The number of benzene rings is 1. The molecule has 2 aliphatic heterocycles. The van der Waals surface area contributed by atoms with Crippen molar-refractivity contribution in [1.29, 1.82) is 0 Å². The Balaban J connectivity index is 1.68. The van der Waals surface area contributed by atoms with E-state index in [2.05, 4.69) is 5.48 Å². The molecule has 0 aliphatic carbocycles. The summed E-state index contributed by atoms with van der Waals surface area (Å²) >= 11 is 0. The number of hydrogen-bond acceptors (Lipinski definition) is 5. The van der Waals surface area contributed by atoms with Gasteiger partial charge in [-0.25, -0.2) is 0 Å². The van der Waals surface area contributed by atoms with Gasteiger partial charge in [0, 0.05) is 40.1 Å². The number of phenolic OH excluding ortho intramolecular Hbond substituents is 1. The lowest BCUT2D eigenvalue weighted by Crippen LogP contribution is -2.35. The van der Waals surface area contributed by atoms with Gasteiger partial charge in [0.05, 0.1) is 0 Å². The lowest BCUT2D eigenvalue weighted by Gasteiger charge is -2.31. The first-order valence-electron chi connectivity index (χ1n) is 9.93. The Morgan fingerprint density at radius 1 is 1.44 bits per heavy atom. The lowest BCUT2D eigenvalue weighted by atomic mass is 9.90. The van der Waals surface area contributed by atoms with Crippen molar-refractivity contribution in [2.75, 3.05) is 13.1 Å². The number of rotatable bonds is 5. The molecule has 2 N–H and O–H groups in total. The number of nitrogens with one attached hydrogen (secondary N) is 1. The summed E-state index contributed by atoms with van der Waals surface area (Å²) in [7, 11) is 0. The second kappa shape index (κ2) is 7.70. The number of hydrogen-bond donors (Lipinski definition) is 2. The molecule has 0 saturated carbocycles. The third kappa shape index (κ3) is 4.02. The first-order chi connectivity index (χ1) is 13.2. The molecule has 0 atom stereocenters. The van der Waals surface area contributed by atoms with Crippen molar-refractivity contribution >= 4 is 17.8 Å². The molecule has 0 aromatic heterocycles. The van der Waals surface area contributed by atoms with Crippen LogP contribution in [-0.2, 0) is 16.1 Å². The number of aromatic hydroxyl groups is 1. The van der Waals surface area contributed by atoms with Crippen LogP contribution in [-0.4, -0.2) is 34.8 Å². The molecule has 1 saturated heterocycles. The van der Waals surface area contributed by atoms with Gasteiger partial charge in [-0.1, -0.05) is 19.1 Å². The fraction of sp³-hybridized carbons (Fsp3) is 0.474. The van der Waals surface area contributed by atoms with Crippen LogP contribution in [0.4, 0.5) is 0 Å². The Kier molecular flexibility index (Phi) is 4.28. The van der Waals surface area contributed by atoms with E-state index in [1.54, 1.807) is 25.1 Å². The zero-order valence-corrected chi connectivity index (χ0v) is 14.2. The number of carbonyl (C=O) groups is 2. The van der Waals surface area contributed by atoms with Crippen LogP contribution in [0, 0.1) is 5.89 Å². The third-order valence-electron chi connectivity index (χ3n) is 4.43. The first-order valence-corrected chi connectivity index (χ1v) is 8.43. The summed E-state index contributed by atoms with van der Waals surface area (Å²) in [4.78, 5) is 31.0. The van der Waals surface area contributed by atoms with Crippen LogP contribution in [0.5, 0.6) is 11.5 Å². The second-order valence-corrected chi connectivity index (χ2v) is 6.13. The number of nitrogens with zero attached hydrogens (tertiary/aromatic N) is 1. The molecule has 6 nitrogen and oxygen atoms in total. The van der Waals surface area contributed by atoms with Gasteiger partial charge in [-0.05, 0) is 38.4 Å². The highest BCUT2D eigenvalue weighted by Gasteiger charge is 2.25. The van der Waals surface area contributed by atoms with E-state index in [1.807, 2.05) is 4.90 Å². The van der Waals surface area contributed by atoms with Crippen LogP contribution >= 0.6 is 0 Å². The maximum Gasteiger partial charge on any atom is 0.276 e. The first kappa shape index (κ1) is 13.9. The molecule has 1 aromatic rings. The minimum atomic E-state index is -1.98. The van der Waals surface area contributed by atoms with E-state index < -0.39 is 24.0 Å². The highest BCUT2D eigenvalue weighted by atomic mass is 16.7. The number of phenols is 1. The molecule has 1 fully saturated rings.